The largest absolute Gasteiger partial charge is 0.368 e. The average Bonchev–Trinajstić information content (AvgIpc) is 2.41. The molecule has 1 unspecified atom stereocenters. The van der Waals surface area contributed by atoms with E-state index in [4.69, 9.17) is 4.74 Å². The Morgan fingerprint density at radius 1 is 0.833 bits per heavy atom. The zero-order chi connectivity index (χ0) is 12.6. The fourth-order valence-corrected chi connectivity index (χ4v) is 1.83. The number of benzene rings is 2. The first-order valence-electron chi connectivity index (χ1n) is 6.22. The molecular formula is C16H18O2. The van der Waals surface area contributed by atoms with E-state index < -0.39 is 6.29 Å². The van der Waals surface area contributed by atoms with Gasteiger partial charge in [-0.05, 0) is 17.5 Å². The molecule has 0 radical (unpaired) electrons. The molecule has 1 N–H and O–H groups in total. The van der Waals surface area contributed by atoms with Gasteiger partial charge in [0.25, 0.3) is 0 Å². The Labute approximate surface area is 108 Å². The van der Waals surface area contributed by atoms with Gasteiger partial charge in [-0.1, -0.05) is 60.7 Å². The zero-order valence-electron chi connectivity index (χ0n) is 10.3. The molecule has 0 aromatic heterocycles. The predicted octanol–water partition coefficient (Wildman–Crippen LogP) is 2.81. The maximum atomic E-state index is 9.76. The number of hydrogen-bond acceptors (Lipinski definition) is 2. The number of ether oxygens (including phenoxy) is 1. The third-order valence-electron chi connectivity index (χ3n) is 2.80. The molecule has 2 rings (SSSR count). The lowest BCUT2D eigenvalue weighted by Gasteiger charge is -2.12. The third kappa shape index (κ3) is 4.32. The molecule has 1 atom stereocenters. The van der Waals surface area contributed by atoms with E-state index >= 15 is 0 Å². The summed E-state index contributed by atoms with van der Waals surface area (Å²) in [5.74, 6) is 0. The maximum Gasteiger partial charge on any atom is 0.158 e. The van der Waals surface area contributed by atoms with Crippen LogP contribution < -0.4 is 0 Å². The van der Waals surface area contributed by atoms with Crippen LogP contribution in [0.1, 0.15) is 11.1 Å². The highest BCUT2D eigenvalue weighted by molar-refractivity contribution is 5.15. The number of hydrogen-bond donors (Lipinski definition) is 1. The van der Waals surface area contributed by atoms with Crippen LogP contribution in [0.15, 0.2) is 60.7 Å². The molecule has 2 aromatic carbocycles. The van der Waals surface area contributed by atoms with E-state index in [0.717, 1.165) is 12.0 Å². The lowest BCUT2D eigenvalue weighted by Crippen LogP contribution is -2.16. The second-order valence-corrected chi connectivity index (χ2v) is 4.25. The average molecular weight is 242 g/mol. The molecule has 0 saturated carbocycles. The summed E-state index contributed by atoms with van der Waals surface area (Å²) in [7, 11) is 0. The van der Waals surface area contributed by atoms with Crippen LogP contribution in [-0.4, -0.2) is 18.0 Å². The van der Waals surface area contributed by atoms with Crippen LogP contribution >= 0.6 is 0 Å². The van der Waals surface area contributed by atoms with Crippen molar-refractivity contribution in [3.8, 4) is 0 Å². The summed E-state index contributed by atoms with van der Waals surface area (Å²) < 4.78 is 5.41. The van der Waals surface area contributed by atoms with Gasteiger partial charge in [0.15, 0.2) is 6.29 Å². The highest BCUT2D eigenvalue weighted by Gasteiger charge is 2.05. The van der Waals surface area contributed by atoms with E-state index in [2.05, 4.69) is 12.1 Å². The van der Waals surface area contributed by atoms with E-state index in [1.807, 2.05) is 48.5 Å². The minimum Gasteiger partial charge on any atom is -0.368 e. The van der Waals surface area contributed by atoms with Crippen molar-refractivity contribution in [1.29, 1.82) is 0 Å². The van der Waals surface area contributed by atoms with Gasteiger partial charge in [0, 0.05) is 6.42 Å². The zero-order valence-corrected chi connectivity index (χ0v) is 10.3. The van der Waals surface area contributed by atoms with Crippen LogP contribution in [0.5, 0.6) is 0 Å². The van der Waals surface area contributed by atoms with E-state index in [0.29, 0.717) is 13.0 Å². The van der Waals surface area contributed by atoms with Gasteiger partial charge in [0.05, 0.1) is 6.61 Å². The molecule has 0 aliphatic heterocycles. The molecule has 18 heavy (non-hydrogen) atoms. The summed E-state index contributed by atoms with van der Waals surface area (Å²) >= 11 is 0. The van der Waals surface area contributed by atoms with Crippen molar-refractivity contribution in [1.82, 2.24) is 0 Å². The van der Waals surface area contributed by atoms with Gasteiger partial charge in [-0.3, -0.25) is 0 Å². The normalized spacial score (nSPS) is 12.3. The van der Waals surface area contributed by atoms with Crippen LogP contribution in [0.4, 0.5) is 0 Å². The smallest absolute Gasteiger partial charge is 0.158 e. The first-order valence-corrected chi connectivity index (χ1v) is 6.22. The first-order chi connectivity index (χ1) is 8.84. The molecule has 94 valence electrons. The Kier molecular flexibility index (Phi) is 4.94. The van der Waals surface area contributed by atoms with Crippen LogP contribution in [0.3, 0.4) is 0 Å². The van der Waals surface area contributed by atoms with Crippen molar-refractivity contribution in [2.45, 2.75) is 19.1 Å². The summed E-state index contributed by atoms with van der Waals surface area (Å²) in [6.45, 7) is 0.540. The molecule has 2 aromatic rings. The lowest BCUT2D eigenvalue weighted by molar-refractivity contribution is -0.0963. The second-order valence-electron chi connectivity index (χ2n) is 4.25. The second kappa shape index (κ2) is 6.94. The lowest BCUT2D eigenvalue weighted by atomic mass is 10.1. The minimum atomic E-state index is -0.726. The Morgan fingerprint density at radius 2 is 1.39 bits per heavy atom. The summed E-state index contributed by atoms with van der Waals surface area (Å²) in [4.78, 5) is 0. The highest BCUT2D eigenvalue weighted by atomic mass is 16.6. The fourth-order valence-electron chi connectivity index (χ4n) is 1.83. The van der Waals surface area contributed by atoms with Crippen LogP contribution in [-0.2, 0) is 17.6 Å². The fraction of sp³-hybridized carbons (Fsp3) is 0.250. The summed E-state index contributed by atoms with van der Waals surface area (Å²) in [5, 5.41) is 9.76. The number of aliphatic hydroxyl groups excluding tert-OH is 1. The topological polar surface area (TPSA) is 29.5 Å². The van der Waals surface area contributed by atoms with E-state index in [1.54, 1.807) is 0 Å². The molecule has 0 fully saturated rings. The number of aliphatic hydroxyl groups is 1. The Balaban J connectivity index is 1.71. The summed E-state index contributed by atoms with van der Waals surface area (Å²) in [5.41, 5.74) is 2.31. The molecule has 0 heterocycles. The highest BCUT2D eigenvalue weighted by Crippen LogP contribution is 2.05. The van der Waals surface area contributed by atoms with E-state index in [-0.39, 0.29) is 0 Å². The summed E-state index contributed by atoms with van der Waals surface area (Å²) in [6.07, 6.45) is 0.638. The molecule has 0 aliphatic carbocycles. The molecule has 2 heteroatoms. The standard InChI is InChI=1S/C16H18O2/c17-16(13-15-9-5-2-6-10-15)18-12-11-14-7-3-1-4-8-14/h1-10,16-17H,11-13H2. The van der Waals surface area contributed by atoms with Gasteiger partial charge in [-0.15, -0.1) is 0 Å². The van der Waals surface area contributed by atoms with Gasteiger partial charge >= 0.3 is 0 Å². The Hall–Kier alpha value is -1.64. The predicted molar refractivity (Wildman–Crippen MR) is 72.3 cm³/mol. The van der Waals surface area contributed by atoms with Crippen LogP contribution in [0, 0.1) is 0 Å². The van der Waals surface area contributed by atoms with Crippen molar-refractivity contribution in [2.24, 2.45) is 0 Å². The molecule has 2 nitrogen and oxygen atoms in total. The van der Waals surface area contributed by atoms with E-state index in [1.165, 1.54) is 5.56 Å². The Morgan fingerprint density at radius 3 is 2.00 bits per heavy atom. The van der Waals surface area contributed by atoms with Crippen molar-refractivity contribution >= 4 is 0 Å². The van der Waals surface area contributed by atoms with Crippen molar-refractivity contribution in [3.63, 3.8) is 0 Å². The van der Waals surface area contributed by atoms with Gasteiger partial charge < -0.3 is 9.84 Å². The molecule has 0 spiro atoms. The van der Waals surface area contributed by atoms with Gasteiger partial charge in [0.2, 0.25) is 0 Å². The van der Waals surface area contributed by atoms with Crippen molar-refractivity contribution in [2.75, 3.05) is 6.61 Å². The third-order valence-corrected chi connectivity index (χ3v) is 2.80. The monoisotopic (exact) mass is 242 g/mol. The molecule has 0 amide bonds. The molecular weight excluding hydrogens is 224 g/mol. The quantitative estimate of drug-likeness (QED) is 0.789. The SMILES string of the molecule is OC(Cc1ccccc1)OCCc1ccccc1. The minimum absolute atomic E-state index is 0.537. The Bertz CT molecular complexity index is 439. The molecule has 0 aliphatic rings. The maximum absolute atomic E-state index is 9.76. The molecule has 0 bridgehead atoms. The first kappa shape index (κ1) is 12.8. The van der Waals surface area contributed by atoms with Crippen LogP contribution in [0.2, 0.25) is 0 Å². The van der Waals surface area contributed by atoms with Crippen molar-refractivity contribution < 1.29 is 9.84 Å². The number of rotatable bonds is 6. The molecule has 0 saturated heterocycles. The van der Waals surface area contributed by atoms with E-state index in [9.17, 15) is 5.11 Å². The van der Waals surface area contributed by atoms with Gasteiger partial charge in [-0.2, -0.15) is 0 Å². The summed E-state index contributed by atoms with van der Waals surface area (Å²) in [6, 6.07) is 20.0. The van der Waals surface area contributed by atoms with Gasteiger partial charge in [-0.25, -0.2) is 0 Å². The van der Waals surface area contributed by atoms with Crippen LogP contribution in [0.25, 0.3) is 0 Å². The van der Waals surface area contributed by atoms with Gasteiger partial charge in [0.1, 0.15) is 0 Å². The van der Waals surface area contributed by atoms with Crippen molar-refractivity contribution in [3.05, 3.63) is 71.8 Å².